The SMILES string of the molecule is C#CC(C)Nc1cc(Cl)c(F)cc1[N+](=O)[O-]. The minimum atomic E-state index is -0.840. The molecular weight excluding hydrogens is 235 g/mol. The summed E-state index contributed by atoms with van der Waals surface area (Å²) in [5, 5.41) is 13.1. The lowest BCUT2D eigenvalue weighted by atomic mass is 10.2. The van der Waals surface area contributed by atoms with E-state index in [1.165, 1.54) is 0 Å². The number of nitrogens with zero attached hydrogens (tertiary/aromatic N) is 1. The highest BCUT2D eigenvalue weighted by molar-refractivity contribution is 6.31. The fraction of sp³-hybridized carbons (Fsp3) is 0.200. The van der Waals surface area contributed by atoms with Gasteiger partial charge in [0, 0.05) is 0 Å². The zero-order valence-electron chi connectivity index (χ0n) is 8.33. The first kappa shape index (κ1) is 12.3. The third-order valence-corrected chi connectivity index (χ3v) is 2.15. The van der Waals surface area contributed by atoms with E-state index in [0.29, 0.717) is 0 Å². The van der Waals surface area contributed by atoms with Crippen LogP contribution in [-0.2, 0) is 0 Å². The van der Waals surface area contributed by atoms with Crippen LogP contribution in [0.4, 0.5) is 15.8 Å². The van der Waals surface area contributed by atoms with Crippen LogP contribution in [0.1, 0.15) is 6.92 Å². The molecule has 0 saturated carbocycles. The second-order valence-corrected chi connectivity index (χ2v) is 3.48. The summed E-state index contributed by atoms with van der Waals surface area (Å²) in [5.74, 6) is 1.50. The maximum Gasteiger partial charge on any atom is 0.295 e. The van der Waals surface area contributed by atoms with E-state index in [0.717, 1.165) is 12.1 Å². The second kappa shape index (κ2) is 4.81. The van der Waals surface area contributed by atoms with Crippen LogP contribution in [0.15, 0.2) is 12.1 Å². The molecule has 1 aromatic rings. The number of anilines is 1. The largest absolute Gasteiger partial charge is 0.366 e. The van der Waals surface area contributed by atoms with Gasteiger partial charge in [0.25, 0.3) is 5.69 Å². The number of nitrogens with one attached hydrogen (secondary N) is 1. The molecule has 1 unspecified atom stereocenters. The summed E-state index contributed by atoms with van der Waals surface area (Å²) < 4.78 is 13.0. The highest BCUT2D eigenvalue weighted by Gasteiger charge is 2.18. The van der Waals surface area contributed by atoms with Crippen molar-refractivity contribution in [2.24, 2.45) is 0 Å². The van der Waals surface area contributed by atoms with Crippen molar-refractivity contribution in [3.05, 3.63) is 33.1 Å². The van der Waals surface area contributed by atoms with E-state index in [9.17, 15) is 14.5 Å². The minimum absolute atomic E-state index is 0.0989. The molecule has 84 valence electrons. The Balaban J connectivity index is 3.21. The Kier molecular flexibility index (Phi) is 3.69. The minimum Gasteiger partial charge on any atom is -0.366 e. The van der Waals surface area contributed by atoms with Gasteiger partial charge in [-0.15, -0.1) is 6.42 Å². The lowest BCUT2D eigenvalue weighted by Gasteiger charge is -2.10. The van der Waals surface area contributed by atoms with Gasteiger partial charge in [-0.05, 0) is 13.0 Å². The molecule has 0 spiro atoms. The van der Waals surface area contributed by atoms with Crippen molar-refractivity contribution in [1.29, 1.82) is 0 Å². The molecule has 0 aliphatic heterocycles. The van der Waals surface area contributed by atoms with Crippen molar-refractivity contribution >= 4 is 23.0 Å². The summed E-state index contributed by atoms with van der Waals surface area (Å²) >= 11 is 5.53. The van der Waals surface area contributed by atoms with E-state index < -0.39 is 22.5 Å². The number of hydrogen-bond acceptors (Lipinski definition) is 3. The zero-order chi connectivity index (χ0) is 12.3. The maximum atomic E-state index is 13.0. The summed E-state index contributed by atoms with van der Waals surface area (Å²) in [6, 6.07) is 1.48. The quantitative estimate of drug-likeness (QED) is 0.504. The van der Waals surface area contributed by atoms with Gasteiger partial charge in [-0.1, -0.05) is 17.5 Å². The lowest BCUT2D eigenvalue weighted by molar-refractivity contribution is -0.384. The first-order valence-electron chi connectivity index (χ1n) is 4.31. The van der Waals surface area contributed by atoms with Crippen molar-refractivity contribution < 1.29 is 9.31 Å². The highest BCUT2D eigenvalue weighted by Crippen LogP contribution is 2.30. The van der Waals surface area contributed by atoms with E-state index in [2.05, 4.69) is 11.2 Å². The van der Waals surface area contributed by atoms with Gasteiger partial charge >= 0.3 is 0 Å². The highest BCUT2D eigenvalue weighted by atomic mass is 35.5. The molecule has 0 aliphatic carbocycles. The first-order chi connectivity index (χ1) is 7.45. The van der Waals surface area contributed by atoms with Crippen molar-refractivity contribution in [3.8, 4) is 12.3 Å². The van der Waals surface area contributed by atoms with Gasteiger partial charge in [0.1, 0.15) is 11.5 Å². The Hall–Kier alpha value is -1.80. The predicted molar refractivity (Wildman–Crippen MR) is 60.0 cm³/mol. The van der Waals surface area contributed by atoms with Gasteiger partial charge in [0.05, 0.1) is 22.1 Å². The van der Waals surface area contributed by atoms with Gasteiger partial charge in [-0.3, -0.25) is 10.1 Å². The molecular formula is C10H8ClFN2O2. The summed E-state index contributed by atoms with van der Waals surface area (Å²) in [6.07, 6.45) is 5.12. The number of nitro groups is 1. The Morgan fingerprint density at radius 2 is 2.31 bits per heavy atom. The average molecular weight is 243 g/mol. The average Bonchev–Trinajstić information content (AvgIpc) is 2.22. The van der Waals surface area contributed by atoms with E-state index in [1.807, 2.05) is 0 Å². The summed E-state index contributed by atoms with van der Waals surface area (Å²) in [6.45, 7) is 1.64. The Labute approximate surface area is 96.6 Å². The van der Waals surface area contributed by atoms with Gasteiger partial charge in [0.15, 0.2) is 0 Å². The third kappa shape index (κ3) is 2.61. The van der Waals surface area contributed by atoms with Gasteiger partial charge in [-0.2, -0.15) is 0 Å². The number of nitro benzene ring substituents is 1. The van der Waals surface area contributed by atoms with Crippen molar-refractivity contribution in [2.75, 3.05) is 5.32 Å². The standard InChI is InChI=1S/C10H8ClFN2O2/c1-3-6(2)13-9-4-7(11)8(12)5-10(9)14(15)16/h1,4-6,13H,2H3. The number of terminal acetylenes is 1. The molecule has 0 saturated heterocycles. The summed E-state index contributed by atoms with van der Waals surface area (Å²) in [4.78, 5) is 9.96. The summed E-state index contributed by atoms with van der Waals surface area (Å²) in [7, 11) is 0. The molecule has 16 heavy (non-hydrogen) atoms. The first-order valence-corrected chi connectivity index (χ1v) is 4.69. The topological polar surface area (TPSA) is 55.2 Å². The molecule has 4 nitrogen and oxygen atoms in total. The zero-order valence-corrected chi connectivity index (χ0v) is 9.08. The number of halogens is 2. The number of benzene rings is 1. The van der Waals surface area contributed by atoms with Crippen LogP contribution >= 0.6 is 11.6 Å². The van der Waals surface area contributed by atoms with Crippen LogP contribution in [0.5, 0.6) is 0 Å². The Bertz CT molecular complexity index is 471. The van der Waals surface area contributed by atoms with Crippen LogP contribution in [0.3, 0.4) is 0 Å². The van der Waals surface area contributed by atoms with Crippen LogP contribution < -0.4 is 5.32 Å². The summed E-state index contributed by atoms with van der Waals surface area (Å²) in [5.41, 5.74) is -0.300. The molecule has 1 atom stereocenters. The van der Waals surface area contributed by atoms with Crippen LogP contribution in [-0.4, -0.2) is 11.0 Å². The molecule has 1 rings (SSSR count). The van der Waals surface area contributed by atoms with Gasteiger partial charge < -0.3 is 5.32 Å². The fourth-order valence-corrected chi connectivity index (χ4v) is 1.24. The Morgan fingerprint density at radius 1 is 1.69 bits per heavy atom. The molecule has 1 aromatic carbocycles. The van der Waals surface area contributed by atoms with E-state index in [1.54, 1.807) is 6.92 Å². The van der Waals surface area contributed by atoms with Crippen molar-refractivity contribution in [2.45, 2.75) is 13.0 Å². The Morgan fingerprint density at radius 3 is 2.81 bits per heavy atom. The lowest BCUT2D eigenvalue weighted by Crippen LogP contribution is -2.13. The van der Waals surface area contributed by atoms with Gasteiger partial charge in [-0.25, -0.2) is 4.39 Å². The smallest absolute Gasteiger partial charge is 0.295 e. The van der Waals surface area contributed by atoms with Crippen LogP contribution in [0, 0.1) is 28.3 Å². The normalized spacial score (nSPS) is 11.6. The van der Waals surface area contributed by atoms with Crippen LogP contribution in [0.2, 0.25) is 5.02 Å². The molecule has 0 aromatic heterocycles. The van der Waals surface area contributed by atoms with E-state index in [-0.39, 0.29) is 10.7 Å². The van der Waals surface area contributed by atoms with Crippen molar-refractivity contribution in [3.63, 3.8) is 0 Å². The van der Waals surface area contributed by atoms with E-state index in [4.69, 9.17) is 18.0 Å². The van der Waals surface area contributed by atoms with Crippen molar-refractivity contribution in [1.82, 2.24) is 0 Å². The number of hydrogen-bond donors (Lipinski definition) is 1. The van der Waals surface area contributed by atoms with Gasteiger partial charge in [0.2, 0.25) is 0 Å². The maximum absolute atomic E-state index is 13.0. The molecule has 6 heteroatoms. The molecule has 0 amide bonds. The number of rotatable bonds is 3. The molecule has 0 aliphatic rings. The molecule has 0 heterocycles. The molecule has 0 bridgehead atoms. The fourth-order valence-electron chi connectivity index (χ4n) is 1.08. The van der Waals surface area contributed by atoms with Crippen LogP contribution in [0.25, 0.3) is 0 Å². The molecule has 0 fully saturated rings. The second-order valence-electron chi connectivity index (χ2n) is 3.07. The third-order valence-electron chi connectivity index (χ3n) is 1.86. The van der Waals surface area contributed by atoms with E-state index >= 15 is 0 Å². The monoisotopic (exact) mass is 242 g/mol. The predicted octanol–water partition coefficient (Wildman–Crippen LogP) is 2.82. The molecule has 1 N–H and O–H groups in total. The molecule has 0 radical (unpaired) electrons.